The highest BCUT2D eigenvalue weighted by molar-refractivity contribution is 7.99. The molecular formula is C16H22ClN3O4S2. The van der Waals surface area contributed by atoms with Crippen molar-refractivity contribution in [2.75, 3.05) is 44.1 Å². The molecule has 1 aromatic rings. The first kappa shape index (κ1) is 21.0. The number of piperazine rings is 1. The van der Waals surface area contributed by atoms with Crippen LogP contribution in [0.4, 0.5) is 0 Å². The summed E-state index contributed by atoms with van der Waals surface area (Å²) < 4.78 is 23.3. The first-order valence-electron chi connectivity index (χ1n) is 8.05. The predicted octanol–water partition coefficient (Wildman–Crippen LogP) is 0.459. The van der Waals surface area contributed by atoms with E-state index in [-0.39, 0.29) is 35.2 Å². The second kappa shape index (κ2) is 8.60. The average molecular weight is 420 g/mol. The van der Waals surface area contributed by atoms with Crippen LogP contribution >= 0.6 is 24.2 Å². The van der Waals surface area contributed by atoms with E-state index in [0.29, 0.717) is 31.7 Å². The van der Waals surface area contributed by atoms with Gasteiger partial charge in [-0.1, -0.05) is 6.07 Å². The summed E-state index contributed by atoms with van der Waals surface area (Å²) in [6.45, 7) is 1.90. The highest BCUT2D eigenvalue weighted by atomic mass is 35.5. The molecule has 0 aliphatic carbocycles. The van der Waals surface area contributed by atoms with Gasteiger partial charge < -0.3 is 9.80 Å². The molecule has 0 aromatic heterocycles. The van der Waals surface area contributed by atoms with Gasteiger partial charge in [0.2, 0.25) is 5.91 Å². The Labute approximate surface area is 163 Å². The van der Waals surface area contributed by atoms with E-state index >= 15 is 0 Å². The summed E-state index contributed by atoms with van der Waals surface area (Å²) in [4.78, 5) is 28.6. The van der Waals surface area contributed by atoms with Gasteiger partial charge in [-0.05, 0) is 18.2 Å². The van der Waals surface area contributed by atoms with Gasteiger partial charge in [-0.2, -0.15) is 0 Å². The van der Waals surface area contributed by atoms with Crippen molar-refractivity contribution in [2.45, 2.75) is 10.9 Å². The van der Waals surface area contributed by atoms with Gasteiger partial charge in [0.15, 0.2) is 9.84 Å². The molecule has 0 spiro atoms. The van der Waals surface area contributed by atoms with Gasteiger partial charge in [-0.15, -0.1) is 24.2 Å². The lowest BCUT2D eigenvalue weighted by atomic mass is 10.1. The van der Waals surface area contributed by atoms with Crippen LogP contribution in [0.3, 0.4) is 0 Å². The number of rotatable bonds is 3. The molecule has 2 aliphatic rings. The monoisotopic (exact) mass is 419 g/mol. The third kappa shape index (κ3) is 4.70. The summed E-state index contributed by atoms with van der Waals surface area (Å²) in [5.41, 5.74) is 0.358. The maximum Gasteiger partial charge on any atom is 0.254 e. The molecule has 0 saturated carbocycles. The van der Waals surface area contributed by atoms with Gasteiger partial charge >= 0.3 is 0 Å². The van der Waals surface area contributed by atoms with Gasteiger partial charge in [0.1, 0.15) is 0 Å². The van der Waals surface area contributed by atoms with E-state index in [1.54, 1.807) is 33.7 Å². The number of hydrogen-bond acceptors (Lipinski definition) is 6. The Hall–Kier alpha value is -1.29. The van der Waals surface area contributed by atoms with Crippen molar-refractivity contribution in [1.82, 2.24) is 15.1 Å². The molecule has 2 fully saturated rings. The summed E-state index contributed by atoms with van der Waals surface area (Å²) in [5, 5.41) is 3.17. The van der Waals surface area contributed by atoms with Crippen LogP contribution in [0.5, 0.6) is 0 Å². The van der Waals surface area contributed by atoms with Crippen molar-refractivity contribution in [3.05, 3.63) is 29.8 Å². The lowest BCUT2D eigenvalue weighted by Crippen LogP contribution is -2.54. The largest absolute Gasteiger partial charge is 0.338 e. The molecule has 3 rings (SSSR count). The van der Waals surface area contributed by atoms with Crippen LogP contribution in [0.15, 0.2) is 29.2 Å². The van der Waals surface area contributed by atoms with Crippen molar-refractivity contribution in [3.8, 4) is 0 Å². The quantitative estimate of drug-likeness (QED) is 0.765. The molecule has 1 unspecified atom stereocenters. The Morgan fingerprint density at radius 1 is 1.15 bits per heavy atom. The SMILES string of the molecule is CS(=O)(=O)c1cccc(C(=O)N2CCN(C(=O)C3CSCN3)CC2)c1.Cl. The molecule has 26 heavy (non-hydrogen) atoms. The van der Waals surface area contributed by atoms with Gasteiger partial charge in [0, 0.05) is 49.6 Å². The van der Waals surface area contributed by atoms with Crippen LogP contribution in [0.25, 0.3) is 0 Å². The first-order chi connectivity index (χ1) is 11.9. The molecule has 1 N–H and O–H groups in total. The van der Waals surface area contributed by atoms with Crippen molar-refractivity contribution in [2.24, 2.45) is 0 Å². The van der Waals surface area contributed by atoms with E-state index in [1.807, 2.05) is 0 Å². The number of amides is 2. The number of carbonyl (C=O) groups excluding carboxylic acids is 2. The topological polar surface area (TPSA) is 86.8 Å². The fraction of sp³-hybridized carbons (Fsp3) is 0.500. The van der Waals surface area contributed by atoms with Crippen LogP contribution in [0.1, 0.15) is 10.4 Å². The van der Waals surface area contributed by atoms with E-state index in [9.17, 15) is 18.0 Å². The van der Waals surface area contributed by atoms with E-state index in [0.717, 1.165) is 17.9 Å². The lowest BCUT2D eigenvalue weighted by Gasteiger charge is -2.36. The van der Waals surface area contributed by atoms with Crippen LogP contribution in [0, 0.1) is 0 Å². The standard InChI is InChI=1S/C16H21N3O4S2.ClH/c1-25(22,23)13-4-2-3-12(9-13)15(20)18-5-7-19(8-6-18)16(21)14-10-24-11-17-14;/h2-4,9,14,17H,5-8,10-11H2,1H3;1H. The molecule has 0 bridgehead atoms. The second-order valence-electron chi connectivity index (χ2n) is 6.19. The van der Waals surface area contributed by atoms with E-state index in [2.05, 4.69) is 5.32 Å². The number of hydrogen-bond donors (Lipinski definition) is 1. The predicted molar refractivity (Wildman–Crippen MR) is 104 cm³/mol. The molecule has 2 amide bonds. The van der Waals surface area contributed by atoms with Gasteiger partial charge in [-0.25, -0.2) is 8.42 Å². The van der Waals surface area contributed by atoms with Crippen LogP contribution < -0.4 is 5.32 Å². The molecular weight excluding hydrogens is 398 g/mol. The maximum atomic E-state index is 12.6. The summed E-state index contributed by atoms with van der Waals surface area (Å²) in [6, 6.07) is 5.96. The molecule has 1 atom stereocenters. The Morgan fingerprint density at radius 3 is 2.38 bits per heavy atom. The van der Waals surface area contributed by atoms with Crippen molar-refractivity contribution in [1.29, 1.82) is 0 Å². The highest BCUT2D eigenvalue weighted by Gasteiger charge is 2.31. The maximum absolute atomic E-state index is 12.6. The zero-order valence-electron chi connectivity index (χ0n) is 14.4. The molecule has 2 saturated heterocycles. The smallest absolute Gasteiger partial charge is 0.254 e. The lowest BCUT2D eigenvalue weighted by molar-refractivity contribution is -0.134. The molecule has 1 aromatic carbocycles. The normalized spacial score (nSPS) is 20.6. The average Bonchev–Trinajstić information content (AvgIpc) is 3.15. The highest BCUT2D eigenvalue weighted by Crippen LogP contribution is 2.16. The van der Waals surface area contributed by atoms with Crippen molar-refractivity contribution < 1.29 is 18.0 Å². The Kier molecular flexibility index (Phi) is 6.95. The fourth-order valence-electron chi connectivity index (χ4n) is 2.95. The van der Waals surface area contributed by atoms with Crippen LogP contribution in [-0.4, -0.2) is 80.1 Å². The van der Waals surface area contributed by atoms with Crippen molar-refractivity contribution in [3.63, 3.8) is 0 Å². The third-order valence-electron chi connectivity index (χ3n) is 4.40. The van der Waals surface area contributed by atoms with E-state index in [4.69, 9.17) is 0 Å². The van der Waals surface area contributed by atoms with Gasteiger partial charge in [0.05, 0.1) is 10.9 Å². The Balaban J connectivity index is 0.00000243. The second-order valence-corrected chi connectivity index (χ2v) is 9.24. The summed E-state index contributed by atoms with van der Waals surface area (Å²) in [6.07, 6.45) is 1.12. The fourth-order valence-corrected chi connectivity index (χ4v) is 4.55. The Morgan fingerprint density at radius 2 is 1.81 bits per heavy atom. The van der Waals surface area contributed by atoms with Crippen LogP contribution in [0.2, 0.25) is 0 Å². The number of halogens is 1. The zero-order valence-corrected chi connectivity index (χ0v) is 16.8. The minimum Gasteiger partial charge on any atom is -0.338 e. The summed E-state index contributed by atoms with van der Waals surface area (Å²) in [7, 11) is -3.35. The number of sulfone groups is 1. The number of carbonyl (C=O) groups is 2. The van der Waals surface area contributed by atoms with Gasteiger partial charge in [0.25, 0.3) is 5.91 Å². The molecule has 10 heteroatoms. The summed E-state index contributed by atoms with van der Waals surface area (Å²) >= 11 is 1.71. The summed E-state index contributed by atoms with van der Waals surface area (Å²) in [5.74, 6) is 1.48. The zero-order chi connectivity index (χ0) is 18.0. The minimum absolute atomic E-state index is 0. The van der Waals surface area contributed by atoms with Crippen molar-refractivity contribution >= 4 is 45.8 Å². The number of nitrogens with zero attached hydrogens (tertiary/aromatic N) is 2. The molecule has 0 radical (unpaired) electrons. The number of nitrogens with one attached hydrogen (secondary N) is 1. The molecule has 144 valence electrons. The van der Waals surface area contributed by atoms with E-state index < -0.39 is 9.84 Å². The number of thioether (sulfide) groups is 1. The number of benzene rings is 1. The minimum atomic E-state index is -3.35. The molecule has 7 nitrogen and oxygen atoms in total. The molecule has 2 heterocycles. The molecule has 2 aliphatic heterocycles. The van der Waals surface area contributed by atoms with Gasteiger partial charge in [-0.3, -0.25) is 14.9 Å². The Bertz CT molecular complexity index is 773. The third-order valence-corrected chi connectivity index (χ3v) is 6.45. The van der Waals surface area contributed by atoms with E-state index in [1.165, 1.54) is 12.1 Å². The van der Waals surface area contributed by atoms with Crippen LogP contribution in [-0.2, 0) is 14.6 Å². The first-order valence-corrected chi connectivity index (χ1v) is 11.1.